The molecule has 1 N–H and O–H groups in total. The standard InChI is InChI=1S/C30H27F4N5O2/c31-20-12-25(39(15-20)26(40)16-38-17-35-22-8-4-5-9-24(22)38)29(41)37-27(18-6-2-1-3-7-18)23-11-10-21(28(32)36-23)19-13-30(33,34)14-19/h1-11,17,19-20,25,27H,12-16H2,(H,37,41)/t20-,25?,27+/m1/s1. The Balaban J connectivity index is 1.23. The molecule has 3 atom stereocenters. The summed E-state index contributed by atoms with van der Waals surface area (Å²) in [7, 11) is 0. The number of carbonyl (C=O) groups is 2. The van der Waals surface area contributed by atoms with Crippen molar-refractivity contribution in [2.24, 2.45) is 0 Å². The first-order valence-corrected chi connectivity index (χ1v) is 13.4. The summed E-state index contributed by atoms with van der Waals surface area (Å²) in [5, 5.41) is 2.83. The van der Waals surface area contributed by atoms with Crippen molar-refractivity contribution in [3.8, 4) is 0 Å². The number of nitrogens with zero attached hydrogens (tertiary/aromatic N) is 4. The van der Waals surface area contributed by atoms with Gasteiger partial charge in [0.1, 0.15) is 18.8 Å². The molecule has 1 unspecified atom stereocenters. The fourth-order valence-electron chi connectivity index (χ4n) is 5.70. The number of amides is 2. The monoisotopic (exact) mass is 565 g/mol. The van der Waals surface area contributed by atoms with Crippen molar-refractivity contribution in [1.29, 1.82) is 0 Å². The van der Waals surface area contributed by atoms with Crippen molar-refractivity contribution in [2.45, 2.75) is 55.9 Å². The number of nitrogens with one attached hydrogen (secondary N) is 1. The van der Waals surface area contributed by atoms with E-state index in [1.54, 1.807) is 34.9 Å². The molecule has 1 saturated carbocycles. The summed E-state index contributed by atoms with van der Waals surface area (Å²) in [6.45, 7) is -0.347. The number of pyridine rings is 1. The molecule has 2 aromatic heterocycles. The zero-order valence-electron chi connectivity index (χ0n) is 21.9. The van der Waals surface area contributed by atoms with E-state index in [-0.39, 0.29) is 30.8 Å². The van der Waals surface area contributed by atoms with E-state index in [1.165, 1.54) is 23.4 Å². The minimum atomic E-state index is -2.81. The van der Waals surface area contributed by atoms with Gasteiger partial charge in [-0.1, -0.05) is 48.5 Å². The number of carbonyl (C=O) groups excluding carboxylic acids is 2. The number of halogens is 4. The molecule has 212 valence electrons. The predicted octanol–water partition coefficient (Wildman–Crippen LogP) is 4.93. The minimum Gasteiger partial charge on any atom is -0.342 e. The Morgan fingerprint density at radius 2 is 1.76 bits per heavy atom. The zero-order chi connectivity index (χ0) is 28.7. The number of rotatable bonds is 7. The van der Waals surface area contributed by atoms with Crippen LogP contribution in [0, 0.1) is 5.95 Å². The van der Waals surface area contributed by atoms with E-state index in [9.17, 15) is 22.8 Å². The predicted molar refractivity (Wildman–Crippen MR) is 142 cm³/mol. The van der Waals surface area contributed by atoms with Crippen LogP contribution >= 0.6 is 0 Å². The van der Waals surface area contributed by atoms with E-state index in [1.807, 2.05) is 24.3 Å². The molecule has 4 aromatic rings. The van der Waals surface area contributed by atoms with Crippen LogP contribution in [0.25, 0.3) is 11.0 Å². The van der Waals surface area contributed by atoms with Gasteiger partial charge in [0, 0.05) is 24.8 Å². The second-order valence-electron chi connectivity index (χ2n) is 10.7. The lowest BCUT2D eigenvalue weighted by molar-refractivity contribution is -0.139. The van der Waals surface area contributed by atoms with Crippen LogP contribution in [0.2, 0.25) is 0 Å². The van der Waals surface area contributed by atoms with Crippen LogP contribution in [-0.2, 0) is 16.1 Å². The molecule has 0 bridgehead atoms. The van der Waals surface area contributed by atoms with Gasteiger partial charge in [-0.25, -0.2) is 23.1 Å². The lowest BCUT2D eigenvalue weighted by Crippen LogP contribution is -2.48. The second-order valence-corrected chi connectivity index (χ2v) is 10.7. The van der Waals surface area contributed by atoms with E-state index < -0.39 is 60.7 Å². The van der Waals surface area contributed by atoms with Crippen LogP contribution in [0.4, 0.5) is 17.6 Å². The lowest BCUT2D eigenvalue weighted by Gasteiger charge is -2.35. The highest BCUT2D eigenvalue weighted by molar-refractivity contribution is 5.89. The van der Waals surface area contributed by atoms with Crippen molar-refractivity contribution in [3.63, 3.8) is 0 Å². The van der Waals surface area contributed by atoms with Gasteiger partial charge >= 0.3 is 0 Å². The number of hydrogen-bond acceptors (Lipinski definition) is 4. The van der Waals surface area contributed by atoms with Gasteiger partial charge in [0.05, 0.1) is 35.6 Å². The van der Waals surface area contributed by atoms with E-state index in [0.29, 0.717) is 11.1 Å². The average Bonchev–Trinajstić information content (AvgIpc) is 3.54. The molecule has 2 amide bonds. The molecule has 11 heteroatoms. The molecule has 41 heavy (non-hydrogen) atoms. The van der Waals surface area contributed by atoms with Crippen molar-refractivity contribution in [2.75, 3.05) is 6.54 Å². The summed E-state index contributed by atoms with van der Waals surface area (Å²) >= 11 is 0. The minimum absolute atomic E-state index is 0.109. The van der Waals surface area contributed by atoms with Gasteiger partial charge in [-0.05, 0) is 29.7 Å². The van der Waals surface area contributed by atoms with Crippen molar-refractivity contribution in [1.82, 2.24) is 24.8 Å². The van der Waals surface area contributed by atoms with Crippen LogP contribution < -0.4 is 5.32 Å². The quantitative estimate of drug-likeness (QED) is 0.255. The number of hydrogen-bond donors (Lipinski definition) is 1. The molecule has 1 saturated heterocycles. The number of aromatic nitrogens is 3. The van der Waals surface area contributed by atoms with Gasteiger partial charge in [-0.2, -0.15) is 4.39 Å². The first-order chi connectivity index (χ1) is 19.7. The smallest absolute Gasteiger partial charge is 0.249 e. The molecule has 7 nitrogen and oxygen atoms in total. The molecular formula is C30H27F4N5O2. The lowest BCUT2D eigenvalue weighted by atomic mass is 9.77. The Kier molecular flexibility index (Phi) is 6.96. The average molecular weight is 566 g/mol. The van der Waals surface area contributed by atoms with Crippen LogP contribution in [0.1, 0.15) is 48.0 Å². The molecule has 2 fully saturated rings. The third-order valence-electron chi connectivity index (χ3n) is 7.85. The Labute approximate surface area is 233 Å². The number of alkyl halides is 3. The fraction of sp³-hybridized carbons (Fsp3) is 0.333. The largest absolute Gasteiger partial charge is 0.342 e. The fourth-order valence-corrected chi connectivity index (χ4v) is 5.70. The summed E-state index contributed by atoms with van der Waals surface area (Å²) in [5.41, 5.74) is 2.31. The highest BCUT2D eigenvalue weighted by Crippen LogP contribution is 2.48. The second kappa shape index (κ2) is 10.6. The van der Waals surface area contributed by atoms with Gasteiger partial charge in [0.2, 0.25) is 23.7 Å². The van der Waals surface area contributed by atoms with Gasteiger partial charge in [0.15, 0.2) is 0 Å². The number of para-hydroxylation sites is 2. The first-order valence-electron chi connectivity index (χ1n) is 13.4. The van der Waals surface area contributed by atoms with Gasteiger partial charge < -0.3 is 14.8 Å². The third-order valence-corrected chi connectivity index (χ3v) is 7.85. The molecule has 6 rings (SSSR count). The van der Waals surface area contributed by atoms with Crippen LogP contribution in [0.5, 0.6) is 0 Å². The summed E-state index contributed by atoms with van der Waals surface area (Å²) in [5.74, 6) is -5.33. The van der Waals surface area contributed by atoms with E-state index in [4.69, 9.17) is 0 Å². The van der Waals surface area contributed by atoms with Gasteiger partial charge in [0.25, 0.3) is 0 Å². The first kappa shape index (κ1) is 26.9. The zero-order valence-corrected chi connectivity index (χ0v) is 21.9. The number of benzene rings is 2. The van der Waals surface area contributed by atoms with Crippen LogP contribution in [-0.4, -0.2) is 55.9 Å². The molecule has 0 spiro atoms. The molecule has 3 heterocycles. The van der Waals surface area contributed by atoms with Crippen molar-refractivity contribution in [3.05, 3.63) is 95.8 Å². The molecule has 2 aromatic carbocycles. The Morgan fingerprint density at radius 3 is 2.49 bits per heavy atom. The van der Waals surface area contributed by atoms with E-state index >= 15 is 4.39 Å². The number of imidazole rings is 1. The summed E-state index contributed by atoms with van der Waals surface area (Å²) in [4.78, 5) is 36.4. The number of likely N-dealkylation sites (tertiary alicyclic amines) is 1. The summed E-state index contributed by atoms with van der Waals surface area (Å²) in [6.07, 6.45) is -0.913. The maximum Gasteiger partial charge on any atom is 0.249 e. The van der Waals surface area contributed by atoms with Crippen LogP contribution in [0.15, 0.2) is 73.1 Å². The van der Waals surface area contributed by atoms with Crippen molar-refractivity contribution >= 4 is 22.8 Å². The Bertz CT molecular complexity index is 1590. The maximum absolute atomic E-state index is 15.0. The summed E-state index contributed by atoms with van der Waals surface area (Å²) in [6, 6.07) is 16.9. The molecule has 1 aliphatic carbocycles. The summed E-state index contributed by atoms with van der Waals surface area (Å²) < 4.78 is 58.0. The topological polar surface area (TPSA) is 80.1 Å². The highest BCUT2D eigenvalue weighted by Gasteiger charge is 2.47. The molecule has 0 radical (unpaired) electrons. The van der Waals surface area contributed by atoms with Gasteiger partial charge in [-0.15, -0.1) is 0 Å². The van der Waals surface area contributed by atoms with Gasteiger partial charge in [-0.3, -0.25) is 9.59 Å². The van der Waals surface area contributed by atoms with E-state index in [2.05, 4.69) is 15.3 Å². The molecule has 1 aliphatic heterocycles. The van der Waals surface area contributed by atoms with E-state index in [0.717, 1.165) is 5.52 Å². The Morgan fingerprint density at radius 1 is 1.02 bits per heavy atom. The molecular weight excluding hydrogens is 538 g/mol. The van der Waals surface area contributed by atoms with Crippen LogP contribution in [0.3, 0.4) is 0 Å². The Hall–Kier alpha value is -4.28. The SMILES string of the molecule is O=C(N[C@@H](c1ccccc1)c1ccc(C2CC(F)(F)C2)c(F)n1)C1C[C@@H](F)CN1C(=O)Cn1cnc2ccccc21. The number of fused-ring (bicyclic) bond motifs is 1. The highest BCUT2D eigenvalue weighted by atomic mass is 19.3. The third kappa shape index (κ3) is 5.40. The maximum atomic E-state index is 15.0. The normalized spacial score (nSPS) is 21.0. The molecule has 2 aliphatic rings. The van der Waals surface area contributed by atoms with Crippen molar-refractivity contribution < 1.29 is 27.2 Å².